The van der Waals surface area contributed by atoms with Crippen molar-refractivity contribution in [2.45, 2.75) is 6.04 Å². The quantitative estimate of drug-likeness (QED) is 0.513. The molecule has 1 aromatic carbocycles. The van der Waals surface area contributed by atoms with Crippen molar-refractivity contribution in [2.24, 2.45) is 5.11 Å². The summed E-state index contributed by atoms with van der Waals surface area (Å²) in [6.45, 7) is -0.264. The zero-order valence-electron chi connectivity index (χ0n) is 7.06. The SMILES string of the molecule is [N-]=[N+]=NC(CO)c1cc(Br)ccc1Cl. The summed E-state index contributed by atoms with van der Waals surface area (Å²) < 4.78 is 0.823. The molecule has 0 aliphatic rings. The summed E-state index contributed by atoms with van der Waals surface area (Å²) in [7, 11) is 0. The molecular weight excluding hydrogens is 269 g/mol. The van der Waals surface area contributed by atoms with Crippen LogP contribution in [0, 0.1) is 0 Å². The van der Waals surface area contributed by atoms with Crippen molar-refractivity contribution < 1.29 is 5.11 Å². The van der Waals surface area contributed by atoms with E-state index in [0.717, 1.165) is 4.47 Å². The predicted molar refractivity (Wildman–Crippen MR) is 58.1 cm³/mol. The lowest BCUT2D eigenvalue weighted by Gasteiger charge is -2.10. The molecule has 1 atom stereocenters. The number of rotatable bonds is 3. The molecule has 1 unspecified atom stereocenters. The second kappa shape index (κ2) is 5.22. The van der Waals surface area contributed by atoms with Gasteiger partial charge in [0.1, 0.15) is 0 Å². The Kier molecular flexibility index (Phi) is 4.22. The lowest BCUT2D eigenvalue weighted by molar-refractivity contribution is 0.268. The van der Waals surface area contributed by atoms with Crippen LogP contribution < -0.4 is 0 Å². The van der Waals surface area contributed by atoms with Crippen molar-refractivity contribution in [3.8, 4) is 0 Å². The second-order valence-corrected chi connectivity index (χ2v) is 3.89. The molecule has 1 N–H and O–H groups in total. The third-order valence-corrected chi connectivity index (χ3v) is 2.52. The Morgan fingerprint density at radius 1 is 1.64 bits per heavy atom. The van der Waals surface area contributed by atoms with Gasteiger partial charge < -0.3 is 5.11 Å². The zero-order valence-corrected chi connectivity index (χ0v) is 9.40. The van der Waals surface area contributed by atoms with Crippen molar-refractivity contribution >= 4 is 27.5 Å². The first-order chi connectivity index (χ1) is 6.69. The maximum atomic E-state index is 8.99. The monoisotopic (exact) mass is 275 g/mol. The number of hydrogen-bond acceptors (Lipinski definition) is 2. The van der Waals surface area contributed by atoms with Gasteiger partial charge in [0.25, 0.3) is 0 Å². The van der Waals surface area contributed by atoms with Gasteiger partial charge in [-0.05, 0) is 29.3 Å². The van der Waals surface area contributed by atoms with Gasteiger partial charge in [0.2, 0.25) is 0 Å². The van der Waals surface area contributed by atoms with Crippen LogP contribution in [0.3, 0.4) is 0 Å². The van der Waals surface area contributed by atoms with E-state index in [1.165, 1.54) is 0 Å². The molecule has 0 aliphatic heterocycles. The van der Waals surface area contributed by atoms with Gasteiger partial charge >= 0.3 is 0 Å². The molecular formula is C8H7BrClN3O. The van der Waals surface area contributed by atoms with Crippen molar-refractivity contribution in [1.82, 2.24) is 0 Å². The van der Waals surface area contributed by atoms with Crippen LogP contribution in [-0.2, 0) is 0 Å². The maximum Gasteiger partial charge on any atom is 0.0871 e. The Balaban J connectivity index is 3.14. The van der Waals surface area contributed by atoms with Crippen LogP contribution in [0.15, 0.2) is 27.8 Å². The van der Waals surface area contributed by atoms with Gasteiger partial charge in [-0.1, -0.05) is 32.6 Å². The minimum atomic E-state index is -0.634. The Hall–Kier alpha value is -0.740. The smallest absolute Gasteiger partial charge is 0.0871 e. The molecule has 0 fully saturated rings. The number of azide groups is 1. The van der Waals surface area contributed by atoms with E-state index in [1.807, 2.05) is 0 Å². The molecule has 1 aromatic rings. The van der Waals surface area contributed by atoms with Gasteiger partial charge in [0, 0.05) is 14.4 Å². The Bertz CT molecular complexity index is 379. The van der Waals surface area contributed by atoms with Crippen LogP contribution in [0.2, 0.25) is 5.02 Å². The van der Waals surface area contributed by atoms with Crippen LogP contribution in [-0.4, -0.2) is 11.7 Å². The molecule has 74 valence electrons. The highest BCUT2D eigenvalue weighted by Crippen LogP contribution is 2.28. The summed E-state index contributed by atoms with van der Waals surface area (Å²) in [5.41, 5.74) is 8.89. The van der Waals surface area contributed by atoms with Gasteiger partial charge in [-0.15, -0.1) is 0 Å². The summed E-state index contributed by atoms with van der Waals surface area (Å²) in [6.07, 6.45) is 0. The summed E-state index contributed by atoms with van der Waals surface area (Å²) in [6, 6.07) is 4.54. The zero-order chi connectivity index (χ0) is 10.6. The summed E-state index contributed by atoms with van der Waals surface area (Å²) in [5.74, 6) is 0. The normalized spacial score (nSPS) is 11.9. The molecule has 14 heavy (non-hydrogen) atoms. The van der Waals surface area contributed by atoms with E-state index in [-0.39, 0.29) is 6.61 Å². The van der Waals surface area contributed by atoms with Gasteiger partial charge in [-0.25, -0.2) is 0 Å². The molecule has 1 rings (SSSR count). The molecule has 0 bridgehead atoms. The molecule has 0 amide bonds. The van der Waals surface area contributed by atoms with Crippen LogP contribution in [0.5, 0.6) is 0 Å². The first-order valence-corrected chi connectivity index (χ1v) is 4.96. The van der Waals surface area contributed by atoms with Crippen molar-refractivity contribution in [2.75, 3.05) is 6.61 Å². The van der Waals surface area contributed by atoms with Crippen LogP contribution in [0.1, 0.15) is 11.6 Å². The number of nitrogens with zero attached hydrogens (tertiary/aromatic N) is 3. The first kappa shape index (κ1) is 11.3. The Morgan fingerprint density at radius 3 is 2.93 bits per heavy atom. The largest absolute Gasteiger partial charge is 0.396 e. The molecule has 0 aliphatic carbocycles. The summed E-state index contributed by atoms with van der Waals surface area (Å²) in [4.78, 5) is 2.65. The van der Waals surface area contributed by atoms with Crippen molar-refractivity contribution in [3.63, 3.8) is 0 Å². The Labute approximate surface area is 94.3 Å². The third kappa shape index (κ3) is 2.62. The summed E-state index contributed by atoms with van der Waals surface area (Å²) in [5, 5.41) is 12.9. The molecule has 0 spiro atoms. The number of aliphatic hydroxyl groups is 1. The fourth-order valence-corrected chi connectivity index (χ4v) is 1.65. The average Bonchev–Trinajstić information content (AvgIpc) is 2.18. The number of benzene rings is 1. The third-order valence-electron chi connectivity index (χ3n) is 1.68. The summed E-state index contributed by atoms with van der Waals surface area (Å²) >= 11 is 9.16. The van der Waals surface area contributed by atoms with E-state index in [1.54, 1.807) is 18.2 Å². The molecule has 6 heteroatoms. The van der Waals surface area contributed by atoms with Gasteiger partial charge in [0.15, 0.2) is 0 Å². The fourth-order valence-electron chi connectivity index (χ4n) is 1.03. The predicted octanol–water partition coefficient (Wildman–Crippen LogP) is 3.45. The minimum absolute atomic E-state index is 0.264. The lowest BCUT2D eigenvalue weighted by atomic mass is 10.1. The van der Waals surface area contributed by atoms with E-state index in [0.29, 0.717) is 10.6 Å². The molecule has 0 saturated heterocycles. The fraction of sp³-hybridized carbons (Fsp3) is 0.250. The highest BCUT2D eigenvalue weighted by molar-refractivity contribution is 9.10. The van der Waals surface area contributed by atoms with E-state index < -0.39 is 6.04 Å². The standard InChI is InChI=1S/C8H7BrClN3O/c9-5-1-2-7(10)6(3-5)8(4-14)12-13-11/h1-3,8,14H,4H2. The van der Waals surface area contributed by atoms with Crippen molar-refractivity contribution in [3.05, 3.63) is 43.7 Å². The van der Waals surface area contributed by atoms with E-state index in [9.17, 15) is 0 Å². The molecule has 0 saturated carbocycles. The molecule has 0 aromatic heterocycles. The van der Waals surface area contributed by atoms with Crippen LogP contribution in [0.25, 0.3) is 10.4 Å². The minimum Gasteiger partial charge on any atom is -0.396 e. The number of hydrogen-bond donors (Lipinski definition) is 1. The maximum absolute atomic E-state index is 8.99. The van der Waals surface area contributed by atoms with Gasteiger partial charge in [-0.3, -0.25) is 0 Å². The first-order valence-electron chi connectivity index (χ1n) is 3.79. The molecule has 4 nitrogen and oxygen atoms in total. The highest BCUT2D eigenvalue weighted by Gasteiger charge is 2.12. The van der Waals surface area contributed by atoms with E-state index in [2.05, 4.69) is 26.0 Å². The van der Waals surface area contributed by atoms with E-state index in [4.69, 9.17) is 22.2 Å². The Morgan fingerprint density at radius 2 is 2.36 bits per heavy atom. The second-order valence-electron chi connectivity index (χ2n) is 2.57. The van der Waals surface area contributed by atoms with E-state index >= 15 is 0 Å². The van der Waals surface area contributed by atoms with Crippen LogP contribution in [0.4, 0.5) is 0 Å². The molecule has 0 radical (unpaired) electrons. The average molecular weight is 277 g/mol. The highest BCUT2D eigenvalue weighted by atomic mass is 79.9. The van der Waals surface area contributed by atoms with Gasteiger partial charge in [0.05, 0.1) is 12.6 Å². The number of aliphatic hydroxyl groups excluding tert-OH is 1. The number of halogens is 2. The van der Waals surface area contributed by atoms with Gasteiger partial charge in [-0.2, -0.15) is 0 Å². The molecule has 0 heterocycles. The lowest BCUT2D eigenvalue weighted by Crippen LogP contribution is -2.00. The van der Waals surface area contributed by atoms with Crippen molar-refractivity contribution in [1.29, 1.82) is 0 Å². The van der Waals surface area contributed by atoms with Crippen LogP contribution >= 0.6 is 27.5 Å². The topological polar surface area (TPSA) is 69.0 Å².